The molecule has 0 heterocycles. The molecule has 0 aliphatic heterocycles. The van der Waals surface area contributed by atoms with E-state index in [0.717, 1.165) is 18.2 Å². The van der Waals surface area contributed by atoms with Crippen molar-refractivity contribution in [2.75, 3.05) is 6.54 Å². The number of nitrogens with zero attached hydrogens (tertiary/aromatic N) is 1. The second-order valence-electron chi connectivity index (χ2n) is 3.17. The molecule has 0 unspecified atom stereocenters. The Balaban J connectivity index is 3.18. The highest BCUT2D eigenvalue weighted by Gasteiger charge is 2.30. The third-order valence-electron chi connectivity index (χ3n) is 2.07. The Labute approximate surface area is 84.9 Å². The summed E-state index contributed by atoms with van der Waals surface area (Å²) in [5.74, 6) is -3.14. The Kier molecular flexibility index (Phi) is 2.99. The number of nitro groups is 1. The van der Waals surface area contributed by atoms with Crippen molar-refractivity contribution in [1.82, 2.24) is 0 Å². The van der Waals surface area contributed by atoms with Crippen LogP contribution < -0.4 is 5.73 Å². The van der Waals surface area contributed by atoms with E-state index in [1.807, 2.05) is 0 Å². The molecule has 1 aromatic rings. The molecule has 6 heteroatoms. The fraction of sp³-hybridized carbons (Fsp3) is 0.333. The second-order valence-corrected chi connectivity index (χ2v) is 3.17. The van der Waals surface area contributed by atoms with E-state index in [1.165, 1.54) is 6.92 Å². The lowest BCUT2D eigenvalue weighted by Gasteiger charge is -2.14. The summed E-state index contributed by atoms with van der Waals surface area (Å²) >= 11 is 0. The molecule has 0 aliphatic rings. The fourth-order valence-corrected chi connectivity index (χ4v) is 1.21. The predicted molar refractivity (Wildman–Crippen MR) is 50.8 cm³/mol. The largest absolute Gasteiger partial charge is 0.325 e. The molecule has 1 rings (SSSR count). The molecule has 2 N–H and O–H groups in total. The van der Waals surface area contributed by atoms with Crippen LogP contribution in [-0.2, 0) is 5.92 Å². The van der Waals surface area contributed by atoms with Crippen molar-refractivity contribution in [3.63, 3.8) is 0 Å². The van der Waals surface area contributed by atoms with Gasteiger partial charge in [-0.25, -0.2) is 0 Å². The molecular formula is C9H10F2N2O2. The van der Waals surface area contributed by atoms with Crippen LogP contribution in [0.1, 0.15) is 11.1 Å². The van der Waals surface area contributed by atoms with Gasteiger partial charge in [0.15, 0.2) is 0 Å². The summed E-state index contributed by atoms with van der Waals surface area (Å²) in [6.45, 7) is 0.596. The number of benzene rings is 1. The van der Waals surface area contributed by atoms with E-state index in [0.29, 0.717) is 0 Å². The quantitative estimate of drug-likeness (QED) is 0.620. The van der Waals surface area contributed by atoms with Crippen LogP contribution in [0.5, 0.6) is 0 Å². The lowest BCUT2D eigenvalue weighted by atomic mass is 10.0. The highest BCUT2D eigenvalue weighted by molar-refractivity contribution is 5.43. The molecule has 0 saturated carbocycles. The fourth-order valence-electron chi connectivity index (χ4n) is 1.21. The van der Waals surface area contributed by atoms with E-state index in [4.69, 9.17) is 5.73 Å². The molecule has 4 nitrogen and oxygen atoms in total. The maximum atomic E-state index is 13.1. The number of rotatable bonds is 3. The Hall–Kier alpha value is -1.56. The smallest absolute Gasteiger partial charge is 0.285 e. The lowest BCUT2D eigenvalue weighted by molar-refractivity contribution is -0.385. The Morgan fingerprint density at radius 2 is 2.13 bits per heavy atom. The highest BCUT2D eigenvalue weighted by atomic mass is 19.3. The van der Waals surface area contributed by atoms with Crippen molar-refractivity contribution in [3.05, 3.63) is 39.4 Å². The van der Waals surface area contributed by atoms with E-state index in [2.05, 4.69) is 0 Å². The number of hydrogen-bond donors (Lipinski definition) is 1. The number of alkyl halides is 2. The number of hydrogen-bond acceptors (Lipinski definition) is 3. The van der Waals surface area contributed by atoms with Crippen LogP contribution in [0, 0.1) is 17.0 Å². The molecular weight excluding hydrogens is 206 g/mol. The second kappa shape index (κ2) is 3.90. The third kappa shape index (κ3) is 2.27. The zero-order chi connectivity index (χ0) is 11.6. The summed E-state index contributed by atoms with van der Waals surface area (Å²) in [5, 5.41) is 10.4. The van der Waals surface area contributed by atoms with Crippen LogP contribution in [0.4, 0.5) is 14.5 Å². The van der Waals surface area contributed by atoms with Gasteiger partial charge in [0, 0.05) is 17.2 Å². The van der Waals surface area contributed by atoms with Gasteiger partial charge in [-0.3, -0.25) is 10.1 Å². The van der Waals surface area contributed by atoms with Gasteiger partial charge in [0.2, 0.25) is 0 Å². The van der Waals surface area contributed by atoms with Crippen LogP contribution in [0.2, 0.25) is 0 Å². The molecule has 0 amide bonds. The third-order valence-corrected chi connectivity index (χ3v) is 2.07. The number of nitro benzene ring substituents is 1. The summed E-state index contributed by atoms with van der Waals surface area (Å²) < 4.78 is 26.2. The van der Waals surface area contributed by atoms with E-state index in [-0.39, 0.29) is 16.8 Å². The summed E-state index contributed by atoms with van der Waals surface area (Å²) in [7, 11) is 0. The molecule has 0 atom stereocenters. The van der Waals surface area contributed by atoms with E-state index < -0.39 is 17.4 Å². The van der Waals surface area contributed by atoms with Gasteiger partial charge in [-0.1, -0.05) is 0 Å². The normalized spacial score (nSPS) is 11.5. The Morgan fingerprint density at radius 1 is 1.53 bits per heavy atom. The van der Waals surface area contributed by atoms with Gasteiger partial charge in [-0.05, 0) is 19.1 Å². The average molecular weight is 216 g/mol. The van der Waals surface area contributed by atoms with Gasteiger partial charge < -0.3 is 5.73 Å². The Bertz CT molecular complexity index is 394. The number of halogens is 2. The van der Waals surface area contributed by atoms with Gasteiger partial charge in [0.05, 0.1) is 11.5 Å². The summed E-state index contributed by atoms with van der Waals surface area (Å²) in [4.78, 5) is 9.83. The lowest BCUT2D eigenvalue weighted by Crippen LogP contribution is -2.25. The summed E-state index contributed by atoms with van der Waals surface area (Å²) in [6.07, 6.45) is 0. The zero-order valence-electron chi connectivity index (χ0n) is 8.04. The standard InChI is InChI=1S/C9H10F2N2O2/c1-6-4-7(9(10,11)5-12)2-3-8(6)13(14)15/h2-4H,5,12H2,1H3. The topological polar surface area (TPSA) is 69.2 Å². The van der Waals surface area contributed by atoms with Gasteiger partial charge in [0.25, 0.3) is 11.6 Å². The molecule has 0 saturated heterocycles. The van der Waals surface area contributed by atoms with Crippen molar-refractivity contribution in [1.29, 1.82) is 0 Å². The van der Waals surface area contributed by atoms with Crippen LogP contribution in [0.15, 0.2) is 18.2 Å². The SMILES string of the molecule is Cc1cc(C(F)(F)CN)ccc1[N+](=O)[O-]. The molecule has 0 radical (unpaired) electrons. The van der Waals surface area contributed by atoms with Crippen LogP contribution in [0.3, 0.4) is 0 Å². The Morgan fingerprint density at radius 3 is 2.53 bits per heavy atom. The summed E-state index contributed by atoms with van der Waals surface area (Å²) in [6, 6.07) is 3.18. The molecule has 82 valence electrons. The van der Waals surface area contributed by atoms with Crippen molar-refractivity contribution >= 4 is 5.69 Å². The molecule has 0 fully saturated rings. The van der Waals surface area contributed by atoms with Crippen LogP contribution in [0.25, 0.3) is 0 Å². The molecule has 0 bridgehead atoms. The first kappa shape index (κ1) is 11.5. The average Bonchev–Trinajstić information content (AvgIpc) is 2.17. The van der Waals surface area contributed by atoms with Crippen molar-refractivity contribution in [3.8, 4) is 0 Å². The number of aryl methyl sites for hydroxylation is 1. The minimum atomic E-state index is -3.14. The van der Waals surface area contributed by atoms with Crippen molar-refractivity contribution < 1.29 is 13.7 Å². The van der Waals surface area contributed by atoms with Gasteiger partial charge in [0.1, 0.15) is 0 Å². The highest BCUT2D eigenvalue weighted by Crippen LogP contribution is 2.29. The minimum Gasteiger partial charge on any atom is -0.325 e. The molecule has 0 spiro atoms. The number of nitrogens with two attached hydrogens (primary N) is 1. The van der Waals surface area contributed by atoms with Crippen molar-refractivity contribution in [2.45, 2.75) is 12.8 Å². The maximum Gasteiger partial charge on any atom is 0.285 e. The first-order chi connectivity index (χ1) is 6.88. The maximum absolute atomic E-state index is 13.1. The van der Waals surface area contributed by atoms with Gasteiger partial charge in [-0.15, -0.1) is 0 Å². The minimum absolute atomic E-state index is 0.174. The van der Waals surface area contributed by atoms with E-state index in [9.17, 15) is 18.9 Å². The summed E-state index contributed by atoms with van der Waals surface area (Å²) in [5.41, 5.74) is 4.63. The monoisotopic (exact) mass is 216 g/mol. The van der Waals surface area contributed by atoms with E-state index >= 15 is 0 Å². The van der Waals surface area contributed by atoms with Crippen LogP contribution >= 0.6 is 0 Å². The van der Waals surface area contributed by atoms with Gasteiger partial charge >= 0.3 is 0 Å². The predicted octanol–water partition coefficient (Wildman–Crippen LogP) is 1.95. The van der Waals surface area contributed by atoms with Crippen LogP contribution in [-0.4, -0.2) is 11.5 Å². The van der Waals surface area contributed by atoms with E-state index in [1.54, 1.807) is 0 Å². The molecule has 0 aromatic heterocycles. The zero-order valence-corrected chi connectivity index (χ0v) is 8.04. The first-order valence-corrected chi connectivity index (χ1v) is 4.22. The van der Waals surface area contributed by atoms with Gasteiger partial charge in [-0.2, -0.15) is 8.78 Å². The molecule has 1 aromatic carbocycles. The molecule has 0 aliphatic carbocycles. The first-order valence-electron chi connectivity index (χ1n) is 4.22. The van der Waals surface area contributed by atoms with Crippen molar-refractivity contribution in [2.24, 2.45) is 5.73 Å². The molecule has 15 heavy (non-hydrogen) atoms.